The molecule has 1 fully saturated rings. The van der Waals surface area contributed by atoms with Crippen molar-refractivity contribution in [3.8, 4) is 0 Å². The Morgan fingerprint density at radius 2 is 2.30 bits per heavy atom. The third-order valence-corrected chi connectivity index (χ3v) is 3.32. The van der Waals surface area contributed by atoms with E-state index in [9.17, 15) is 9.59 Å². The van der Waals surface area contributed by atoms with Crippen molar-refractivity contribution < 1.29 is 9.59 Å². The maximum atomic E-state index is 12.1. The van der Waals surface area contributed by atoms with Crippen LogP contribution in [0.1, 0.15) is 25.3 Å². The van der Waals surface area contributed by atoms with Crippen molar-refractivity contribution in [1.29, 1.82) is 0 Å². The largest absolute Gasteiger partial charge is 0.352 e. The maximum absolute atomic E-state index is 12.1. The van der Waals surface area contributed by atoms with Crippen LogP contribution in [0.4, 0.5) is 4.79 Å². The van der Waals surface area contributed by atoms with Gasteiger partial charge in [0.25, 0.3) is 0 Å². The molecular formula is C13H21N5O2. The molecule has 7 heteroatoms. The lowest BCUT2D eigenvalue weighted by Crippen LogP contribution is -2.51. The summed E-state index contributed by atoms with van der Waals surface area (Å²) < 4.78 is 1.70. The van der Waals surface area contributed by atoms with Crippen LogP contribution in [0, 0.1) is 0 Å². The van der Waals surface area contributed by atoms with Gasteiger partial charge in [-0.05, 0) is 12.8 Å². The monoisotopic (exact) mass is 279 g/mol. The second-order valence-corrected chi connectivity index (χ2v) is 5.17. The van der Waals surface area contributed by atoms with Gasteiger partial charge in [0.1, 0.15) is 0 Å². The van der Waals surface area contributed by atoms with Gasteiger partial charge in [0.05, 0.1) is 6.20 Å². The lowest BCUT2D eigenvalue weighted by Gasteiger charge is -2.32. The van der Waals surface area contributed by atoms with Gasteiger partial charge in [0.2, 0.25) is 5.91 Å². The van der Waals surface area contributed by atoms with E-state index in [4.69, 9.17) is 0 Å². The van der Waals surface area contributed by atoms with Crippen LogP contribution in [0.2, 0.25) is 0 Å². The summed E-state index contributed by atoms with van der Waals surface area (Å²) in [6.07, 6.45) is 5.43. The highest BCUT2D eigenvalue weighted by molar-refractivity contribution is 5.75. The molecule has 0 unspecified atom stereocenters. The summed E-state index contributed by atoms with van der Waals surface area (Å²) >= 11 is 0. The molecular weight excluding hydrogens is 258 g/mol. The number of aromatic nitrogens is 2. The molecule has 0 spiro atoms. The van der Waals surface area contributed by atoms with E-state index < -0.39 is 0 Å². The van der Waals surface area contributed by atoms with Crippen LogP contribution in [0.5, 0.6) is 0 Å². The van der Waals surface area contributed by atoms with Gasteiger partial charge in [0, 0.05) is 51.4 Å². The third kappa shape index (κ3) is 3.97. The number of urea groups is 1. The van der Waals surface area contributed by atoms with E-state index in [1.807, 2.05) is 13.2 Å². The molecule has 1 aromatic heterocycles. The number of hydrogen-bond donors (Lipinski definition) is 2. The van der Waals surface area contributed by atoms with Crippen LogP contribution in [0.15, 0.2) is 12.4 Å². The van der Waals surface area contributed by atoms with E-state index >= 15 is 0 Å². The summed E-state index contributed by atoms with van der Waals surface area (Å²) in [6.45, 7) is 3.27. The minimum Gasteiger partial charge on any atom is -0.352 e. The molecule has 1 aliphatic rings. The first kappa shape index (κ1) is 14.4. The van der Waals surface area contributed by atoms with Crippen molar-refractivity contribution in [2.75, 3.05) is 13.1 Å². The molecule has 1 saturated heterocycles. The molecule has 0 aliphatic carbocycles. The highest BCUT2D eigenvalue weighted by Crippen LogP contribution is 2.10. The van der Waals surface area contributed by atoms with Crippen LogP contribution < -0.4 is 10.6 Å². The SMILES string of the molecule is CC(=O)N[C@H]1CCCN(C(=O)NCc2cnn(C)c2)C1. The Bertz CT molecular complexity index is 485. The van der Waals surface area contributed by atoms with Gasteiger partial charge in [-0.15, -0.1) is 0 Å². The molecule has 3 amide bonds. The highest BCUT2D eigenvalue weighted by Gasteiger charge is 2.23. The number of nitrogens with zero attached hydrogens (tertiary/aromatic N) is 3. The van der Waals surface area contributed by atoms with Crippen LogP contribution in [-0.2, 0) is 18.4 Å². The number of aryl methyl sites for hydroxylation is 1. The molecule has 2 rings (SSSR count). The van der Waals surface area contributed by atoms with Crippen LogP contribution >= 0.6 is 0 Å². The van der Waals surface area contributed by atoms with Gasteiger partial charge in [-0.2, -0.15) is 5.10 Å². The number of hydrogen-bond acceptors (Lipinski definition) is 3. The first-order valence-electron chi connectivity index (χ1n) is 6.82. The van der Waals surface area contributed by atoms with Crippen molar-refractivity contribution in [3.63, 3.8) is 0 Å². The Morgan fingerprint density at radius 1 is 1.50 bits per heavy atom. The first-order chi connectivity index (χ1) is 9.54. The molecule has 20 heavy (non-hydrogen) atoms. The number of carbonyl (C=O) groups excluding carboxylic acids is 2. The van der Waals surface area contributed by atoms with Crippen molar-refractivity contribution in [2.24, 2.45) is 7.05 Å². The number of rotatable bonds is 3. The maximum Gasteiger partial charge on any atom is 0.317 e. The molecule has 2 N–H and O–H groups in total. The molecule has 0 aromatic carbocycles. The number of nitrogens with one attached hydrogen (secondary N) is 2. The summed E-state index contributed by atoms with van der Waals surface area (Å²) in [5.74, 6) is -0.0485. The minimum absolute atomic E-state index is 0.0485. The lowest BCUT2D eigenvalue weighted by molar-refractivity contribution is -0.119. The normalized spacial score (nSPS) is 18.7. The Labute approximate surface area is 118 Å². The number of amides is 3. The topological polar surface area (TPSA) is 79.3 Å². The van der Waals surface area contributed by atoms with E-state index in [1.54, 1.807) is 15.8 Å². The highest BCUT2D eigenvalue weighted by atomic mass is 16.2. The second-order valence-electron chi connectivity index (χ2n) is 5.17. The molecule has 0 bridgehead atoms. The zero-order valence-corrected chi connectivity index (χ0v) is 11.9. The summed E-state index contributed by atoms with van der Waals surface area (Å²) in [4.78, 5) is 24.9. The molecule has 0 saturated carbocycles. The molecule has 110 valence electrons. The molecule has 7 nitrogen and oxygen atoms in total. The summed E-state index contributed by atoms with van der Waals surface area (Å²) in [5, 5.41) is 9.80. The van der Waals surface area contributed by atoms with Gasteiger partial charge in [-0.1, -0.05) is 0 Å². The van der Waals surface area contributed by atoms with Gasteiger partial charge >= 0.3 is 6.03 Å². The Hall–Kier alpha value is -2.05. The average molecular weight is 279 g/mol. The Morgan fingerprint density at radius 3 is 2.95 bits per heavy atom. The van der Waals surface area contributed by atoms with Crippen molar-refractivity contribution in [3.05, 3.63) is 18.0 Å². The zero-order chi connectivity index (χ0) is 14.5. The quantitative estimate of drug-likeness (QED) is 0.831. The van der Waals surface area contributed by atoms with Crippen LogP contribution in [-0.4, -0.2) is 45.8 Å². The van der Waals surface area contributed by atoms with Gasteiger partial charge < -0.3 is 15.5 Å². The Balaban J connectivity index is 1.81. The van der Waals surface area contributed by atoms with E-state index in [-0.39, 0.29) is 18.0 Å². The standard InChI is InChI=1S/C13H21N5O2/c1-10(19)16-12-4-3-5-18(9-12)13(20)14-6-11-7-15-17(2)8-11/h7-8,12H,3-6,9H2,1-2H3,(H,14,20)(H,16,19)/t12-/m0/s1. The average Bonchev–Trinajstić information content (AvgIpc) is 2.81. The Kier molecular flexibility index (Phi) is 4.60. The second kappa shape index (κ2) is 6.40. The molecule has 1 aromatic rings. The number of piperidine rings is 1. The zero-order valence-electron chi connectivity index (χ0n) is 11.9. The van der Waals surface area contributed by atoms with Gasteiger partial charge in [-0.25, -0.2) is 4.79 Å². The number of likely N-dealkylation sites (tertiary alicyclic amines) is 1. The smallest absolute Gasteiger partial charge is 0.317 e. The predicted molar refractivity (Wildman–Crippen MR) is 73.9 cm³/mol. The summed E-state index contributed by atoms with van der Waals surface area (Å²) in [5.41, 5.74) is 0.969. The predicted octanol–water partition coefficient (Wildman–Crippen LogP) is 0.230. The van der Waals surface area contributed by atoms with E-state index in [0.29, 0.717) is 13.1 Å². The summed E-state index contributed by atoms with van der Waals surface area (Å²) in [7, 11) is 1.84. The van der Waals surface area contributed by atoms with E-state index in [1.165, 1.54) is 6.92 Å². The third-order valence-electron chi connectivity index (χ3n) is 3.32. The van der Waals surface area contributed by atoms with Crippen molar-refractivity contribution in [1.82, 2.24) is 25.3 Å². The fourth-order valence-electron chi connectivity index (χ4n) is 2.42. The fraction of sp³-hybridized carbons (Fsp3) is 0.615. The van der Waals surface area contributed by atoms with Crippen LogP contribution in [0.25, 0.3) is 0 Å². The first-order valence-corrected chi connectivity index (χ1v) is 6.82. The summed E-state index contributed by atoms with van der Waals surface area (Å²) in [6, 6.07) is -0.0331. The van der Waals surface area contributed by atoms with Crippen molar-refractivity contribution >= 4 is 11.9 Å². The number of carbonyl (C=O) groups is 2. The van der Waals surface area contributed by atoms with Crippen LogP contribution in [0.3, 0.4) is 0 Å². The lowest BCUT2D eigenvalue weighted by atomic mass is 10.1. The molecule has 2 heterocycles. The minimum atomic E-state index is -0.0936. The molecule has 1 atom stereocenters. The van der Waals surface area contributed by atoms with Gasteiger partial charge in [0.15, 0.2) is 0 Å². The fourth-order valence-corrected chi connectivity index (χ4v) is 2.42. The van der Waals surface area contributed by atoms with Gasteiger partial charge in [-0.3, -0.25) is 9.48 Å². The molecule has 0 radical (unpaired) electrons. The molecule has 1 aliphatic heterocycles. The van der Waals surface area contributed by atoms with E-state index in [2.05, 4.69) is 15.7 Å². The van der Waals surface area contributed by atoms with Crippen molar-refractivity contribution in [2.45, 2.75) is 32.4 Å². The van der Waals surface area contributed by atoms with E-state index in [0.717, 1.165) is 24.9 Å².